The molecule has 0 N–H and O–H groups in total. The zero-order valence-corrected chi connectivity index (χ0v) is 15.3. The molecule has 25 heavy (non-hydrogen) atoms. The van der Waals surface area contributed by atoms with E-state index in [1.165, 1.54) is 5.56 Å². The van der Waals surface area contributed by atoms with Gasteiger partial charge in [-0.3, -0.25) is 4.79 Å². The summed E-state index contributed by atoms with van der Waals surface area (Å²) in [5.74, 6) is 1.55. The summed E-state index contributed by atoms with van der Waals surface area (Å²) in [4.78, 5) is 15.7. The Bertz CT molecular complexity index is 830. The van der Waals surface area contributed by atoms with E-state index in [1.54, 1.807) is 17.4 Å². The monoisotopic (exact) mass is 370 g/mol. The summed E-state index contributed by atoms with van der Waals surface area (Å²) in [6.07, 6.45) is 0.954. The molecule has 3 heterocycles. The highest BCUT2D eigenvalue weighted by Crippen LogP contribution is 2.34. The molecule has 2 aromatic heterocycles. The average molecular weight is 370 g/mol. The molecule has 1 saturated heterocycles. The number of benzene rings is 1. The zero-order chi connectivity index (χ0) is 17.1. The van der Waals surface area contributed by atoms with E-state index in [-0.39, 0.29) is 5.91 Å². The second kappa shape index (κ2) is 7.45. The van der Waals surface area contributed by atoms with Crippen molar-refractivity contribution in [1.82, 2.24) is 10.1 Å². The van der Waals surface area contributed by atoms with Crippen LogP contribution in [0.5, 0.6) is 0 Å². The topological polar surface area (TPSA) is 46.3 Å². The molecule has 0 bridgehead atoms. The predicted octanol–water partition coefficient (Wildman–Crippen LogP) is 4.72. The van der Waals surface area contributed by atoms with E-state index in [0.717, 1.165) is 30.1 Å². The molecular formula is C19H18N2O2S2. The maximum atomic E-state index is 12.8. The average Bonchev–Trinajstić information content (AvgIpc) is 3.29. The van der Waals surface area contributed by atoms with Gasteiger partial charge in [-0.05, 0) is 23.4 Å². The van der Waals surface area contributed by atoms with Crippen LogP contribution in [-0.2, 0) is 0 Å². The van der Waals surface area contributed by atoms with Gasteiger partial charge in [0.15, 0.2) is 11.5 Å². The van der Waals surface area contributed by atoms with Crippen molar-refractivity contribution in [3.8, 4) is 10.6 Å². The van der Waals surface area contributed by atoms with Crippen LogP contribution in [-0.4, -0.2) is 34.8 Å². The van der Waals surface area contributed by atoms with Crippen LogP contribution < -0.4 is 0 Å². The third kappa shape index (κ3) is 3.65. The second-order valence-electron chi connectivity index (χ2n) is 5.90. The molecule has 128 valence electrons. The number of thiophene rings is 1. The number of carbonyl (C=O) groups is 1. The van der Waals surface area contributed by atoms with E-state index in [2.05, 4.69) is 29.4 Å². The smallest absolute Gasteiger partial charge is 0.276 e. The Hall–Kier alpha value is -2.05. The molecule has 0 aliphatic carbocycles. The lowest BCUT2D eigenvalue weighted by atomic mass is 10.1. The molecule has 6 heteroatoms. The molecule has 1 fully saturated rings. The van der Waals surface area contributed by atoms with Crippen molar-refractivity contribution in [2.24, 2.45) is 0 Å². The first-order valence-electron chi connectivity index (χ1n) is 8.27. The van der Waals surface area contributed by atoms with Crippen LogP contribution in [0.3, 0.4) is 0 Å². The lowest BCUT2D eigenvalue weighted by Crippen LogP contribution is -2.33. The lowest BCUT2D eigenvalue weighted by molar-refractivity contribution is 0.0756. The van der Waals surface area contributed by atoms with Crippen LogP contribution in [0.25, 0.3) is 10.6 Å². The number of carbonyl (C=O) groups excluding carboxylic acids is 1. The molecule has 0 saturated carbocycles. The van der Waals surface area contributed by atoms with Crippen LogP contribution in [0, 0.1) is 0 Å². The molecule has 1 unspecified atom stereocenters. The Balaban J connectivity index is 1.44. The number of amides is 1. The molecule has 1 aliphatic heterocycles. The third-order valence-electron chi connectivity index (χ3n) is 4.29. The Kier molecular flexibility index (Phi) is 4.90. The zero-order valence-electron chi connectivity index (χ0n) is 13.6. The number of aromatic nitrogens is 1. The minimum Gasteiger partial charge on any atom is -0.355 e. The largest absolute Gasteiger partial charge is 0.355 e. The number of thioether (sulfide) groups is 1. The molecule has 0 radical (unpaired) electrons. The van der Waals surface area contributed by atoms with Gasteiger partial charge in [-0.2, -0.15) is 11.8 Å². The fourth-order valence-corrected chi connectivity index (χ4v) is 4.89. The molecule has 4 rings (SSSR count). The highest BCUT2D eigenvalue weighted by atomic mass is 32.2. The van der Waals surface area contributed by atoms with Gasteiger partial charge in [-0.15, -0.1) is 11.3 Å². The van der Waals surface area contributed by atoms with Crippen molar-refractivity contribution >= 4 is 29.0 Å². The van der Waals surface area contributed by atoms with E-state index in [0.29, 0.717) is 16.7 Å². The maximum absolute atomic E-state index is 12.8. The van der Waals surface area contributed by atoms with Crippen molar-refractivity contribution in [3.05, 3.63) is 65.2 Å². The summed E-state index contributed by atoms with van der Waals surface area (Å²) in [6.45, 7) is 1.49. The molecule has 1 aliphatic rings. The van der Waals surface area contributed by atoms with Crippen LogP contribution in [0.15, 0.2) is 58.4 Å². The van der Waals surface area contributed by atoms with Crippen molar-refractivity contribution < 1.29 is 9.32 Å². The molecule has 1 atom stereocenters. The predicted molar refractivity (Wildman–Crippen MR) is 102 cm³/mol. The summed E-state index contributed by atoms with van der Waals surface area (Å²) in [5.41, 5.74) is 1.73. The normalized spacial score (nSPS) is 18.1. The van der Waals surface area contributed by atoms with E-state index in [4.69, 9.17) is 4.52 Å². The van der Waals surface area contributed by atoms with Crippen LogP contribution >= 0.6 is 23.1 Å². The number of hydrogen-bond donors (Lipinski definition) is 0. The lowest BCUT2D eigenvalue weighted by Gasteiger charge is -2.18. The molecular weight excluding hydrogens is 352 g/mol. The van der Waals surface area contributed by atoms with Gasteiger partial charge in [0, 0.05) is 30.2 Å². The van der Waals surface area contributed by atoms with E-state index in [1.807, 2.05) is 40.2 Å². The minimum atomic E-state index is -0.0409. The van der Waals surface area contributed by atoms with Gasteiger partial charge in [0.1, 0.15) is 0 Å². The van der Waals surface area contributed by atoms with Gasteiger partial charge in [-0.25, -0.2) is 0 Å². The highest BCUT2D eigenvalue weighted by molar-refractivity contribution is 7.99. The molecule has 1 amide bonds. The van der Waals surface area contributed by atoms with E-state index >= 15 is 0 Å². The summed E-state index contributed by atoms with van der Waals surface area (Å²) in [6, 6.07) is 16.2. The first-order chi connectivity index (χ1) is 12.3. The van der Waals surface area contributed by atoms with Crippen molar-refractivity contribution in [2.75, 3.05) is 18.8 Å². The molecule has 0 spiro atoms. The van der Waals surface area contributed by atoms with Gasteiger partial charge < -0.3 is 9.42 Å². The fourth-order valence-electron chi connectivity index (χ4n) is 2.98. The molecule has 4 nitrogen and oxygen atoms in total. The summed E-state index contributed by atoms with van der Waals surface area (Å²) in [5, 5.41) is 6.41. The number of hydrogen-bond acceptors (Lipinski definition) is 5. The van der Waals surface area contributed by atoms with Crippen molar-refractivity contribution in [3.63, 3.8) is 0 Å². The van der Waals surface area contributed by atoms with Gasteiger partial charge in [0.2, 0.25) is 0 Å². The molecule has 1 aromatic carbocycles. The Morgan fingerprint density at radius 2 is 2.04 bits per heavy atom. The highest BCUT2D eigenvalue weighted by Gasteiger charge is 2.25. The number of nitrogens with zero attached hydrogens (tertiary/aromatic N) is 2. The Labute approximate surface area is 154 Å². The van der Waals surface area contributed by atoms with E-state index in [9.17, 15) is 4.79 Å². The number of rotatable bonds is 3. The van der Waals surface area contributed by atoms with Crippen molar-refractivity contribution in [1.29, 1.82) is 0 Å². The Morgan fingerprint density at radius 3 is 2.84 bits per heavy atom. The maximum Gasteiger partial charge on any atom is 0.276 e. The van der Waals surface area contributed by atoms with Gasteiger partial charge in [0.05, 0.1) is 4.88 Å². The summed E-state index contributed by atoms with van der Waals surface area (Å²) < 4.78 is 5.35. The third-order valence-corrected chi connectivity index (χ3v) is 6.51. The van der Waals surface area contributed by atoms with Crippen LogP contribution in [0.2, 0.25) is 0 Å². The standard InChI is InChI=1S/C19H18N2O2S2/c22-19(15-13-16(23-20-15)18-7-4-11-24-18)21-9-8-17(25-12-10-21)14-5-2-1-3-6-14/h1-7,11,13,17H,8-10,12H2. The Morgan fingerprint density at radius 1 is 1.16 bits per heavy atom. The van der Waals surface area contributed by atoms with Gasteiger partial charge >= 0.3 is 0 Å². The van der Waals surface area contributed by atoms with Crippen LogP contribution in [0.1, 0.15) is 27.7 Å². The quantitative estimate of drug-likeness (QED) is 0.669. The summed E-state index contributed by atoms with van der Waals surface area (Å²) >= 11 is 3.50. The van der Waals surface area contributed by atoms with E-state index < -0.39 is 0 Å². The first kappa shape index (κ1) is 16.4. The fraction of sp³-hybridized carbons (Fsp3) is 0.263. The molecule has 3 aromatic rings. The summed E-state index contributed by atoms with van der Waals surface area (Å²) in [7, 11) is 0. The van der Waals surface area contributed by atoms with Gasteiger partial charge in [0.25, 0.3) is 5.91 Å². The minimum absolute atomic E-state index is 0.0409. The van der Waals surface area contributed by atoms with Crippen LogP contribution in [0.4, 0.5) is 0 Å². The second-order valence-corrected chi connectivity index (χ2v) is 8.16. The van der Waals surface area contributed by atoms with Gasteiger partial charge in [-0.1, -0.05) is 41.6 Å². The van der Waals surface area contributed by atoms with Crippen molar-refractivity contribution in [2.45, 2.75) is 11.7 Å². The first-order valence-corrected chi connectivity index (χ1v) is 10.2. The SMILES string of the molecule is O=C(c1cc(-c2cccs2)on1)N1CCSC(c2ccccc2)CC1.